The number of likely N-dealkylation sites (tertiary alicyclic amines) is 1. The van der Waals surface area contributed by atoms with Crippen molar-refractivity contribution in [1.29, 1.82) is 0 Å². The first-order valence-corrected chi connectivity index (χ1v) is 5.55. The van der Waals surface area contributed by atoms with E-state index in [-0.39, 0.29) is 0 Å². The molecule has 0 atom stereocenters. The number of nitrogens with two attached hydrogens (primary N) is 1. The molecule has 1 aromatic heterocycles. The van der Waals surface area contributed by atoms with E-state index in [1.165, 1.54) is 42.3 Å². The average Bonchev–Trinajstić information content (AvgIpc) is 2.72. The first-order chi connectivity index (χ1) is 6.36. The fourth-order valence-corrected chi connectivity index (χ4v) is 2.36. The van der Waals surface area contributed by atoms with Crippen molar-refractivity contribution in [3.63, 3.8) is 0 Å². The van der Waals surface area contributed by atoms with E-state index >= 15 is 0 Å². The second-order valence-corrected chi connectivity index (χ2v) is 4.39. The van der Waals surface area contributed by atoms with E-state index in [0.717, 1.165) is 18.7 Å². The molecule has 0 radical (unpaired) electrons. The van der Waals surface area contributed by atoms with E-state index in [1.807, 2.05) is 0 Å². The van der Waals surface area contributed by atoms with Crippen molar-refractivity contribution in [2.75, 3.05) is 25.4 Å². The van der Waals surface area contributed by atoms with Gasteiger partial charge in [0.1, 0.15) is 0 Å². The number of nitrogens with zero attached hydrogens (tertiary/aromatic N) is 2. The average molecular weight is 197 g/mol. The van der Waals surface area contributed by atoms with Crippen LogP contribution in [0.2, 0.25) is 0 Å². The summed E-state index contributed by atoms with van der Waals surface area (Å²) in [5.74, 6) is 0. The van der Waals surface area contributed by atoms with Crippen LogP contribution < -0.4 is 5.73 Å². The van der Waals surface area contributed by atoms with Crippen LogP contribution in [0, 0.1) is 0 Å². The Hall–Kier alpha value is -0.610. The lowest BCUT2D eigenvalue weighted by molar-refractivity contribution is 0.344. The molecule has 0 aliphatic carbocycles. The molecule has 0 unspecified atom stereocenters. The van der Waals surface area contributed by atoms with Gasteiger partial charge in [0.15, 0.2) is 0 Å². The van der Waals surface area contributed by atoms with Crippen LogP contribution in [0.3, 0.4) is 0 Å². The monoisotopic (exact) mass is 197 g/mol. The summed E-state index contributed by atoms with van der Waals surface area (Å²) in [6.07, 6.45) is 5.54. The van der Waals surface area contributed by atoms with Crippen LogP contribution in [-0.4, -0.2) is 28.9 Å². The van der Waals surface area contributed by atoms with Crippen LogP contribution in [-0.2, 0) is 6.42 Å². The summed E-state index contributed by atoms with van der Waals surface area (Å²) in [5, 5.41) is 0. The van der Waals surface area contributed by atoms with Gasteiger partial charge >= 0.3 is 0 Å². The second-order valence-electron chi connectivity index (χ2n) is 3.50. The van der Waals surface area contributed by atoms with E-state index in [0.29, 0.717) is 0 Å². The molecule has 2 rings (SSSR count). The van der Waals surface area contributed by atoms with Gasteiger partial charge in [-0.15, -0.1) is 0 Å². The Balaban J connectivity index is 1.82. The molecule has 1 saturated heterocycles. The Kier molecular flexibility index (Phi) is 2.80. The highest BCUT2D eigenvalue weighted by Gasteiger charge is 2.12. The Morgan fingerprint density at radius 1 is 1.46 bits per heavy atom. The lowest BCUT2D eigenvalue weighted by Gasteiger charge is -2.13. The maximum Gasteiger partial charge on any atom is 0.0660 e. The highest BCUT2D eigenvalue weighted by atomic mass is 32.1. The highest BCUT2D eigenvalue weighted by Crippen LogP contribution is 2.17. The lowest BCUT2D eigenvalue weighted by atomic mass is 10.3. The molecule has 3 nitrogen and oxygen atoms in total. The number of aromatic nitrogens is 1. The van der Waals surface area contributed by atoms with Crippen molar-refractivity contribution in [2.45, 2.75) is 19.3 Å². The molecule has 0 spiro atoms. The van der Waals surface area contributed by atoms with Gasteiger partial charge in [-0.1, -0.05) is 0 Å². The van der Waals surface area contributed by atoms with Crippen molar-refractivity contribution in [1.82, 2.24) is 9.27 Å². The summed E-state index contributed by atoms with van der Waals surface area (Å²) in [7, 11) is 0. The van der Waals surface area contributed by atoms with E-state index in [2.05, 4.69) is 9.27 Å². The van der Waals surface area contributed by atoms with Crippen LogP contribution in [0.4, 0.5) is 5.69 Å². The summed E-state index contributed by atoms with van der Waals surface area (Å²) in [4.78, 5) is 3.74. The van der Waals surface area contributed by atoms with Crippen LogP contribution in [0.1, 0.15) is 17.7 Å². The molecule has 1 fully saturated rings. The van der Waals surface area contributed by atoms with Gasteiger partial charge in [0, 0.05) is 11.4 Å². The van der Waals surface area contributed by atoms with Crippen LogP contribution in [0.15, 0.2) is 6.20 Å². The number of rotatable bonds is 3. The topological polar surface area (TPSA) is 42.1 Å². The molecule has 2 N–H and O–H groups in total. The fraction of sp³-hybridized carbons (Fsp3) is 0.667. The molecule has 0 saturated carbocycles. The number of hydrogen-bond acceptors (Lipinski definition) is 4. The molecule has 1 aromatic rings. The minimum atomic E-state index is 0.865. The minimum Gasteiger partial charge on any atom is -0.397 e. The Labute approximate surface area is 82.7 Å². The summed E-state index contributed by atoms with van der Waals surface area (Å²) in [6.45, 7) is 3.67. The minimum absolute atomic E-state index is 0.865. The van der Waals surface area contributed by atoms with E-state index in [4.69, 9.17) is 5.73 Å². The molecule has 0 aromatic carbocycles. The van der Waals surface area contributed by atoms with Crippen molar-refractivity contribution >= 4 is 17.2 Å². The zero-order chi connectivity index (χ0) is 9.10. The normalized spacial score (nSPS) is 18.2. The molecule has 2 heterocycles. The quantitative estimate of drug-likeness (QED) is 0.795. The summed E-state index contributed by atoms with van der Waals surface area (Å²) in [5.41, 5.74) is 6.62. The predicted octanol–water partition coefficient (Wildman–Crippen LogP) is 1.36. The summed E-state index contributed by atoms with van der Waals surface area (Å²) >= 11 is 1.53. The third-order valence-electron chi connectivity index (χ3n) is 2.53. The third-order valence-corrected chi connectivity index (χ3v) is 3.40. The largest absolute Gasteiger partial charge is 0.397 e. The van der Waals surface area contributed by atoms with Crippen molar-refractivity contribution in [3.05, 3.63) is 11.1 Å². The number of hydrogen-bond donors (Lipinski definition) is 1. The first kappa shape index (κ1) is 8.97. The highest BCUT2D eigenvalue weighted by molar-refractivity contribution is 7.06. The molecule has 1 aliphatic rings. The zero-order valence-electron chi connectivity index (χ0n) is 7.70. The van der Waals surface area contributed by atoms with Gasteiger partial charge in [-0.3, -0.25) is 0 Å². The molecule has 0 bridgehead atoms. The Morgan fingerprint density at radius 2 is 2.23 bits per heavy atom. The zero-order valence-corrected chi connectivity index (χ0v) is 8.52. The first-order valence-electron chi connectivity index (χ1n) is 4.77. The van der Waals surface area contributed by atoms with E-state index in [1.54, 1.807) is 6.20 Å². The number of anilines is 1. The molecule has 4 heteroatoms. The molecule has 13 heavy (non-hydrogen) atoms. The van der Waals surface area contributed by atoms with Crippen molar-refractivity contribution in [2.24, 2.45) is 0 Å². The smallest absolute Gasteiger partial charge is 0.0660 e. The molecular weight excluding hydrogens is 182 g/mol. The fourth-order valence-electron chi connectivity index (χ4n) is 1.73. The summed E-state index contributed by atoms with van der Waals surface area (Å²) < 4.78 is 4.07. The molecule has 72 valence electrons. The van der Waals surface area contributed by atoms with Crippen LogP contribution >= 0.6 is 11.5 Å². The van der Waals surface area contributed by atoms with Gasteiger partial charge in [-0.25, -0.2) is 0 Å². The lowest BCUT2D eigenvalue weighted by Crippen LogP contribution is -2.21. The maximum absolute atomic E-state index is 5.75. The van der Waals surface area contributed by atoms with Gasteiger partial charge < -0.3 is 10.6 Å². The van der Waals surface area contributed by atoms with Gasteiger partial charge in [0.05, 0.1) is 11.9 Å². The van der Waals surface area contributed by atoms with Crippen molar-refractivity contribution < 1.29 is 0 Å². The van der Waals surface area contributed by atoms with Gasteiger partial charge in [0.2, 0.25) is 0 Å². The van der Waals surface area contributed by atoms with Crippen molar-refractivity contribution in [3.8, 4) is 0 Å². The predicted molar refractivity (Wildman–Crippen MR) is 55.9 cm³/mol. The second kappa shape index (κ2) is 4.07. The third kappa shape index (κ3) is 2.19. The molecule has 0 amide bonds. The Morgan fingerprint density at radius 3 is 2.85 bits per heavy atom. The molecular formula is C9H15N3S. The summed E-state index contributed by atoms with van der Waals surface area (Å²) in [6, 6.07) is 0. The van der Waals surface area contributed by atoms with Gasteiger partial charge in [-0.05, 0) is 43.9 Å². The standard InChI is InChI=1S/C9H15N3S/c10-8-7-11-13-9(8)3-6-12-4-1-2-5-12/h7H,1-6,10H2. The van der Waals surface area contributed by atoms with Crippen LogP contribution in [0.5, 0.6) is 0 Å². The Bertz CT molecular complexity index is 266. The van der Waals surface area contributed by atoms with Gasteiger partial charge in [0.25, 0.3) is 0 Å². The van der Waals surface area contributed by atoms with E-state index < -0.39 is 0 Å². The van der Waals surface area contributed by atoms with Gasteiger partial charge in [-0.2, -0.15) is 4.37 Å². The number of nitrogen functional groups attached to an aromatic ring is 1. The van der Waals surface area contributed by atoms with E-state index in [9.17, 15) is 0 Å². The van der Waals surface area contributed by atoms with Crippen LogP contribution in [0.25, 0.3) is 0 Å². The molecule has 1 aliphatic heterocycles. The maximum atomic E-state index is 5.75. The SMILES string of the molecule is Nc1cnsc1CCN1CCCC1.